The number of benzene rings is 1. The van der Waals surface area contributed by atoms with Crippen LogP contribution in [0.4, 0.5) is 13.2 Å². The molecule has 2 N–H and O–H groups in total. The number of carboxylic acid groups (broad SMARTS) is 1. The Labute approximate surface area is 142 Å². The van der Waals surface area contributed by atoms with Crippen LogP contribution in [-0.2, 0) is 12.8 Å². The van der Waals surface area contributed by atoms with Gasteiger partial charge in [-0.25, -0.2) is 4.79 Å². The number of hydrogen-bond donors (Lipinski definition) is 2. The molecule has 0 saturated carbocycles. The Kier molecular flexibility index (Phi) is 4.99. The van der Waals surface area contributed by atoms with Gasteiger partial charge in [0.15, 0.2) is 5.69 Å². The number of carbonyl (C=O) groups is 1. The zero-order chi connectivity index (χ0) is 17.4. The Morgan fingerprint density at radius 1 is 1.39 bits per heavy atom. The van der Waals surface area contributed by atoms with Crippen molar-refractivity contribution in [3.63, 3.8) is 0 Å². The molecular formula is C14H12F3IN2O3. The molecule has 0 aliphatic heterocycles. The standard InChI is InChI=1S/C14H12F3IN2O3/c1-7(18)20-5-11(12(19-20)14(15,16)17)9-2-8(6-21)3-10(4-9)13(22)23/h2-5,7,21H,6H2,1H3,(H,22,23). The Bertz CT molecular complexity index is 741. The van der Waals surface area contributed by atoms with Crippen LogP contribution in [0.15, 0.2) is 24.4 Å². The second kappa shape index (κ2) is 6.48. The fraction of sp³-hybridized carbons (Fsp3) is 0.286. The number of nitrogens with zero attached hydrogens (tertiary/aromatic N) is 2. The Morgan fingerprint density at radius 3 is 2.52 bits per heavy atom. The zero-order valence-corrected chi connectivity index (χ0v) is 14.0. The average molecular weight is 440 g/mol. The fourth-order valence-electron chi connectivity index (χ4n) is 2.06. The van der Waals surface area contributed by atoms with Gasteiger partial charge in [0.2, 0.25) is 0 Å². The molecule has 0 spiro atoms. The van der Waals surface area contributed by atoms with Crippen molar-refractivity contribution in [1.82, 2.24) is 9.78 Å². The van der Waals surface area contributed by atoms with Gasteiger partial charge in [-0.3, -0.25) is 4.68 Å². The molecule has 0 bridgehead atoms. The third kappa shape index (κ3) is 3.83. The van der Waals surface area contributed by atoms with E-state index in [1.165, 1.54) is 18.3 Å². The van der Waals surface area contributed by atoms with Crippen LogP contribution >= 0.6 is 22.6 Å². The highest BCUT2D eigenvalue weighted by Gasteiger charge is 2.38. The number of rotatable bonds is 4. The number of alkyl halides is 4. The predicted molar refractivity (Wildman–Crippen MR) is 84.3 cm³/mol. The van der Waals surface area contributed by atoms with Crippen molar-refractivity contribution in [2.75, 3.05) is 0 Å². The summed E-state index contributed by atoms with van der Waals surface area (Å²) in [4.78, 5) is 11.1. The van der Waals surface area contributed by atoms with Crippen LogP contribution in [0.3, 0.4) is 0 Å². The lowest BCUT2D eigenvalue weighted by Crippen LogP contribution is -2.09. The van der Waals surface area contributed by atoms with Crippen molar-refractivity contribution in [2.24, 2.45) is 0 Å². The molecule has 1 unspecified atom stereocenters. The summed E-state index contributed by atoms with van der Waals surface area (Å²) in [6.07, 6.45) is -3.45. The minimum atomic E-state index is -4.68. The third-order valence-corrected chi connectivity index (χ3v) is 3.67. The second-order valence-electron chi connectivity index (χ2n) is 4.83. The molecule has 0 radical (unpaired) electrons. The first-order valence-electron chi connectivity index (χ1n) is 6.42. The van der Waals surface area contributed by atoms with E-state index >= 15 is 0 Å². The van der Waals surface area contributed by atoms with Crippen LogP contribution in [0, 0.1) is 0 Å². The molecule has 5 nitrogen and oxygen atoms in total. The number of carboxylic acids is 1. The topological polar surface area (TPSA) is 75.4 Å². The molecule has 1 aromatic heterocycles. The summed E-state index contributed by atoms with van der Waals surface area (Å²) in [5, 5.41) is 21.8. The lowest BCUT2D eigenvalue weighted by atomic mass is 10.00. The minimum Gasteiger partial charge on any atom is -0.478 e. The molecule has 0 fully saturated rings. The SMILES string of the molecule is CC(I)n1cc(-c2cc(CO)cc(C(=O)O)c2)c(C(F)(F)F)n1. The average Bonchev–Trinajstić information content (AvgIpc) is 2.92. The summed E-state index contributed by atoms with van der Waals surface area (Å²) in [5.41, 5.74) is -1.26. The maximum Gasteiger partial charge on any atom is 0.435 e. The molecule has 0 amide bonds. The molecule has 0 aliphatic carbocycles. The second-order valence-corrected chi connectivity index (χ2v) is 6.63. The first-order valence-corrected chi connectivity index (χ1v) is 7.67. The third-order valence-electron chi connectivity index (χ3n) is 3.10. The molecular weight excluding hydrogens is 428 g/mol. The smallest absolute Gasteiger partial charge is 0.435 e. The monoisotopic (exact) mass is 440 g/mol. The van der Waals surface area contributed by atoms with Crippen molar-refractivity contribution in [1.29, 1.82) is 0 Å². The van der Waals surface area contributed by atoms with Crippen molar-refractivity contribution >= 4 is 28.6 Å². The zero-order valence-electron chi connectivity index (χ0n) is 11.8. The fourth-order valence-corrected chi connectivity index (χ4v) is 2.34. The summed E-state index contributed by atoms with van der Waals surface area (Å²) in [7, 11) is 0. The van der Waals surface area contributed by atoms with E-state index in [2.05, 4.69) is 5.10 Å². The van der Waals surface area contributed by atoms with E-state index in [1.54, 1.807) is 6.92 Å². The van der Waals surface area contributed by atoms with Crippen LogP contribution in [0.2, 0.25) is 0 Å². The van der Waals surface area contributed by atoms with Crippen LogP contribution in [0.25, 0.3) is 11.1 Å². The van der Waals surface area contributed by atoms with Gasteiger partial charge >= 0.3 is 12.1 Å². The lowest BCUT2D eigenvalue weighted by Gasteiger charge is -2.08. The molecule has 9 heteroatoms. The van der Waals surface area contributed by atoms with Gasteiger partial charge < -0.3 is 10.2 Å². The van der Waals surface area contributed by atoms with Gasteiger partial charge in [0.25, 0.3) is 0 Å². The van der Waals surface area contributed by atoms with Crippen molar-refractivity contribution in [3.8, 4) is 11.1 Å². The molecule has 2 aromatic rings. The molecule has 0 aliphatic rings. The van der Waals surface area contributed by atoms with Crippen molar-refractivity contribution in [2.45, 2.75) is 23.8 Å². The maximum absolute atomic E-state index is 13.2. The predicted octanol–water partition coefficient (Wildman–Crippen LogP) is 3.71. The van der Waals surface area contributed by atoms with Gasteiger partial charge in [0.1, 0.15) is 4.05 Å². The van der Waals surface area contributed by atoms with E-state index in [1.807, 2.05) is 22.6 Å². The normalized spacial score (nSPS) is 13.1. The van der Waals surface area contributed by atoms with E-state index in [0.29, 0.717) is 0 Å². The molecule has 2 rings (SSSR count). The van der Waals surface area contributed by atoms with Crippen LogP contribution < -0.4 is 0 Å². The maximum atomic E-state index is 13.2. The van der Waals surface area contributed by atoms with E-state index in [0.717, 1.165) is 10.7 Å². The molecule has 1 atom stereocenters. The minimum absolute atomic E-state index is 0.0459. The van der Waals surface area contributed by atoms with Crippen LogP contribution in [0.5, 0.6) is 0 Å². The number of hydrogen-bond acceptors (Lipinski definition) is 3. The Hall–Kier alpha value is -1.62. The number of aliphatic hydroxyl groups is 1. The van der Waals surface area contributed by atoms with Crippen molar-refractivity contribution in [3.05, 3.63) is 41.2 Å². The molecule has 1 heterocycles. The van der Waals surface area contributed by atoms with Gasteiger partial charge in [-0.05, 0) is 36.2 Å². The Morgan fingerprint density at radius 2 is 2.04 bits per heavy atom. The first kappa shape index (κ1) is 17.7. The number of aromatic nitrogens is 2. The number of aromatic carboxylic acids is 1. The van der Waals surface area contributed by atoms with E-state index in [9.17, 15) is 23.1 Å². The first-order chi connectivity index (χ1) is 10.6. The summed E-state index contributed by atoms with van der Waals surface area (Å²) < 4.78 is 40.5. The van der Waals surface area contributed by atoms with Gasteiger partial charge in [-0.1, -0.05) is 22.6 Å². The summed E-state index contributed by atoms with van der Waals surface area (Å²) in [6, 6.07) is 3.67. The van der Waals surface area contributed by atoms with Gasteiger partial charge in [-0.2, -0.15) is 18.3 Å². The molecule has 0 saturated heterocycles. The van der Waals surface area contributed by atoms with Crippen molar-refractivity contribution < 1.29 is 28.2 Å². The van der Waals surface area contributed by atoms with E-state index in [-0.39, 0.29) is 26.3 Å². The molecule has 124 valence electrons. The van der Waals surface area contributed by atoms with Crippen LogP contribution in [0.1, 0.15) is 32.6 Å². The summed E-state index contributed by atoms with van der Waals surface area (Å²) >= 11 is 1.92. The lowest BCUT2D eigenvalue weighted by molar-refractivity contribution is -0.141. The number of aliphatic hydroxyl groups excluding tert-OH is 1. The summed E-state index contributed by atoms with van der Waals surface area (Å²) in [5.74, 6) is -1.29. The highest BCUT2D eigenvalue weighted by atomic mass is 127. The quantitative estimate of drug-likeness (QED) is 0.562. The van der Waals surface area contributed by atoms with Gasteiger partial charge in [-0.15, -0.1) is 0 Å². The Balaban J connectivity index is 2.70. The molecule has 23 heavy (non-hydrogen) atoms. The van der Waals surface area contributed by atoms with E-state index in [4.69, 9.17) is 5.11 Å². The van der Waals surface area contributed by atoms with E-state index < -0.39 is 24.4 Å². The molecule has 1 aromatic carbocycles. The van der Waals surface area contributed by atoms with Gasteiger partial charge in [0, 0.05) is 11.8 Å². The number of halogens is 4. The van der Waals surface area contributed by atoms with Crippen LogP contribution in [-0.4, -0.2) is 26.0 Å². The highest BCUT2D eigenvalue weighted by molar-refractivity contribution is 14.1. The van der Waals surface area contributed by atoms with Gasteiger partial charge in [0.05, 0.1) is 12.2 Å². The largest absolute Gasteiger partial charge is 0.478 e. The highest BCUT2D eigenvalue weighted by Crippen LogP contribution is 2.37. The summed E-state index contributed by atoms with van der Waals surface area (Å²) in [6.45, 7) is 1.19.